The van der Waals surface area contributed by atoms with Crippen molar-refractivity contribution in [1.82, 2.24) is 24.6 Å². The Morgan fingerprint density at radius 3 is 2.64 bits per heavy atom. The van der Waals surface area contributed by atoms with E-state index in [2.05, 4.69) is 16.8 Å². The van der Waals surface area contributed by atoms with Gasteiger partial charge in [0.15, 0.2) is 5.65 Å². The Morgan fingerprint density at radius 2 is 1.94 bits per heavy atom. The zero-order chi connectivity index (χ0) is 25.4. The Balaban J connectivity index is 1.54. The maximum Gasteiger partial charge on any atom is 0.410 e. The fourth-order valence-electron chi connectivity index (χ4n) is 4.99. The van der Waals surface area contributed by atoms with Crippen LogP contribution in [-0.4, -0.2) is 75.2 Å². The summed E-state index contributed by atoms with van der Waals surface area (Å²) < 4.78 is 13.1. The molecule has 0 radical (unpaired) electrons. The van der Waals surface area contributed by atoms with Crippen molar-refractivity contribution in [3.8, 4) is 5.69 Å². The van der Waals surface area contributed by atoms with Gasteiger partial charge >= 0.3 is 6.09 Å². The molecule has 1 aromatic carbocycles. The number of amides is 1. The number of rotatable bonds is 3. The van der Waals surface area contributed by atoms with Crippen molar-refractivity contribution in [2.45, 2.75) is 58.1 Å². The summed E-state index contributed by atoms with van der Waals surface area (Å²) in [5.74, 6) is 1.11. The number of anilines is 1. The molecule has 3 aromatic rings. The van der Waals surface area contributed by atoms with Gasteiger partial charge in [-0.2, -0.15) is 5.10 Å². The van der Waals surface area contributed by atoms with Crippen molar-refractivity contribution < 1.29 is 14.3 Å². The van der Waals surface area contributed by atoms with Crippen molar-refractivity contribution >= 4 is 34.5 Å². The lowest BCUT2D eigenvalue weighted by molar-refractivity contribution is 0.0218. The molecule has 0 bridgehead atoms. The van der Waals surface area contributed by atoms with Crippen LogP contribution in [0.5, 0.6) is 0 Å². The van der Waals surface area contributed by atoms with Gasteiger partial charge in [0.2, 0.25) is 0 Å². The van der Waals surface area contributed by atoms with Gasteiger partial charge in [-0.25, -0.2) is 19.4 Å². The molecule has 0 saturated carbocycles. The molecule has 0 aliphatic carbocycles. The Labute approximate surface area is 216 Å². The van der Waals surface area contributed by atoms with Crippen LogP contribution in [0.15, 0.2) is 30.6 Å². The van der Waals surface area contributed by atoms with Crippen molar-refractivity contribution in [3.63, 3.8) is 0 Å². The number of hydrogen-bond donors (Lipinski definition) is 0. The van der Waals surface area contributed by atoms with Gasteiger partial charge in [0.25, 0.3) is 0 Å². The topological polar surface area (TPSA) is 85.6 Å². The van der Waals surface area contributed by atoms with E-state index in [0.29, 0.717) is 37.9 Å². The number of nitrogens with zero attached hydrogens (tertiary/aromatic N) is 6. The van der Waals surface area contributed by atoms with Gasteiger partial charge < -0.3 is 19.3 Å². The average Bonchev–Trinajstić information content (AvgIpc) is 3.24. The number of carbonyl (C=O) groups excluding carboxylic acids is 1. The summed E-state index contributed by atoms with van der Waals surface area (Å²) in [7, 11) is 0. The number of halogens is 1. The van der Waals surface area contributed by atoms with Crippen LogP contribution in [0.1, 0.15) is 52.1 Å². The molecule has 2 saturated heterocycles. The normalized spacial score (nSPS) is 19.6. The van der Waals surface area contributed by atoms with Crippen LogP contribution in [0, 0.1) is 0 Å². The second-order valence-electron chi connectivity index (χ2n) is 10.5. The summed E-state index contributed by atoms with van der Waals surface area (Å²) in [6.45, 7) is 10.9. The van der Waals surface area contributed by atoms with E-state index in [1.54, 1.807) is 11.2 Å². The van der Waals surface area contributed by atoms with Gasteiger partial charge in [0.05, 0.1) is 16.8 Å². The zero-order valence-electron chi connectivity index (χ0n) is 21.3. The summed E-state index contributed by atoms with van der Waals surface area (Å²) >= 11 is 6.31. The summed E-state index contributed by atoms with van der Waals surface area (Å²) in [5.41, 5.74) is 2.08. The molecule has 2 fully saturated rings. The molecule has 2 aliphatic heterocycles. The van der Waals surface area contributed by atoms with Gasteiger partial charge in [-0.15, -0.1) is 0 Å². The standard InChI is InChI=1S/C26H33ClN6O3/c1-17-15-31(25(34)36-26(2,3)4)10-11-32(17)23-21-22(18-8-12-35-13-9-18)30-33(24(21)29-16-28-23)20-7-5-6-19(27)14-20/h5-7,14,16-18H,8-13,15H2,1-4H3/t17-/m0/s1. The molecular weight excluding hydrogens is 480 g/mol. The van der Waals surface area contributed by atoms with Gasteiger partial charge in [0, 0.05) is 49.8 Å². The highest BCUT2D eigenvalue weighted by molar-refractivity contribution is 6.30. The minimum absolute atomic E-state index is 0.0430. The third-order valence-corrected chi connectivity index (χ3v) is 6.92. The summed E-state index contributed by atoms with van der Waals surface area (Å²) in [6.07, 6.45) is 3.12. The Bertz CT molecular complexity index is 1250. The number of benzene rings is 1. The minimum atomic E-state index is -0.524. The summed E-state index contributed by atoms with van der Waals surface area (Å²) in [4.78, 5) is 26.2. The van der Waals surface area contributed by atoms with Crippen molar-refractivity contribution in [2.24, 2.45) is 0 Å². The highest BCUT2D eigenvalue weighted by atomic mass is 35.5. The van der Waals surface area contributed by atoms with E-state index < -0.39 is 5.60 Å². The van der Waals surface area contributed by atoms with Crippen molar-refractivity contribution in [2.75, 3.05) is 37.7 Å². The first-order valence-corrected chi connectivity index (χ1v) is 12.9. The third kappa shape index (κ3) is 4.99. The fraction of sp³-hybridized carbons (Fsp3) is 0.538. The van der Waals surface area contributed by atoms with Gasteiger partial charge in [-0.05, 0) is 58.7 Å². The second kappa shape index (κ2) is 9.86. The number of piperazine rings is 1. The summed E-state index contributed by atoms with van der Waals surface area (Å²) in [5, 5.41) is 6.68. The fourth-order valence-corrected chi connectivity index (χ4v) is 5.17. The van der Waals surface area contributed by atoms with Crippen LogP contribution in [-0.2, 0) is 9.47 Å². The number of ether oxygens (including phenoxy) is 2. The lowest BCUT2D eigenvalue weighted by Gasteiger charge is -2.41. The first-order chi connectivity index (χ1) is 17.2. The number of fused-ring (bicyclic) bond motifs is 1. The van der Waals surface area contributed by atoms with E-state index in [9.17, 15) is 4.79 Å². The molecule has 4 heterocycles. The Hall–Kier alpha value is -2.91. The monoisotopic (exact) mass is 512 g/mol. The molecule has 5 rings (SSSR count). The number of carbonyl (C=O) groups is 1. The third-order valence-electron chi connectivity index (χ3n) is 6.68. The van der Waals surface area contributed by atoms with Gasteiger partial charge in [-0.1, -0.05) is 17.7 Å². The maximum atomic E-state index is 12.7. The first kappa shape index (κ1) is 24.8. The molecule has 0 spiro atoms. The first-order valence-electron chi connectivity index (χ1n) is 12.5. The highest BCUT2D eigenvalue weighted by Crippen LogP contribution is 2.37. The summed E-state index contributed by atoms with van der Waals surface area (Å²) in [6, 6.07) is 7.69. The van der Waals surface area contributed by atoms with E-state index in [-0.39, 0.29) is 18.1 Å². The molecule has 2 aromatic heterocycles. The molecule has 192 valence electrons. The molecular formula is C26H33ClN6O3. The van der Waals surface area contributed by atoms with Gasteiger partial charge in [-0.3, -0.25) is 0 Å². The van der Waals surface area contributed by atoms with E-state index >= 15 is 0 Å². The van der Waals surface area contributed by atoms with Crippen molar-refractivity contribution in [3.05, 3.63) is 41.3 Å². The quantitative estimate of drug-likeness (QED) is 0.497. The average molecular weight is 513 g/mol. The molecule has 1 atom stereocenters. The number of hydrogen-bond acceptors (Lipinski definition) is 7. The molecule has 9 nitrogen and oxygen atoms in total. The predicted octanol–water partition coefficient (Wildman–Crippen LogP) is 4.81. The number of aromatic nitrogens is 4. The van der Waals surface area contributed by atoms with Crippen LogP contribution < -0.4 is 4.90 Å². The largest absolute Gasteiger partial charge is 0.444 e. The second-order valence-corrected chi connectivity index (χ2v) is 11.0. The molecule has 36 heavy (non-hydrogen) atoms. The Kier molecular flexibility index (Phi) is 6.78. The smallest absolute Gasteiger partial charge is 0.410 e. The van der Waals surface area contributed by atoms with Crippen LogP contribution in [0.2, 0.25) is 5.02 Å². The van der Waals surface area contributed by atoms with E-state index in [1.165, 1.54) is 0 Å². The highest BCUT2D eigenvalue weighted by Gasteiger charge is 2.34. The molecule has 0 unspecified atom stereocenters. The SMILES string of the molecule is C[C@H]1CN(C(=O)OC(C)(C)C)CCN1c1ncnc2c1c(C1CCOCC1)nn2-c1cccc(Cl)c1. The van der Waals surface area contributed by atoms with Crippen LogP contribution >= 0.6 is 11.6 Å². The van der Waals surface area contributed by atoms with E-state index in [4.69, 9.17) is 31.2 Å². The van der Waals surface area contributed by atoms with E-state index in [1.807, 2.05) is 49.7 Å². The maximum absolute atomic E-state index is 12.7. The predicted molar refractivity (Wildman–Crippen MR) is 139 cm³/mol. The van der Waals surface area contributed by atoms with Gasteiger partial charge in [0.1, 0.15) is 17.7 Å². The van der Waals surface area contributed by atoms with Crippen LogP contribution in [0.25, 0.3) is 16.7 Å². The molecule has 0 N–H and O–H groups in total. The minimum Gasteiger partial charge on any atom is -0.444 e. The Morgan fingerprint density at radius 1 is 1.17 bits per heavy atom. The molecule has 2 aliphatic rings. The van der Waals surface area contributed by atoms with Crippen LogP contribution in [0.3, 0.4) is 0 Å². The lowest BCUT2D eigenvalue weighted by Crippen LogP contribution is -2.54. The van der Waals surface area contributed by atoms with Crippen LogP contribution in [0.4, 0.5) is 10.6 Å². The molecule has 10 heteroatoms. The lowest BCUT2D eigenvalue weighted by atomic mass is 9.94. The van der Waals surface area contributed by atoms with E-state index in [0.717, 1.165) is 41.1 Å². The zero-order valence-corrected chi connectivity index (χ0v) is 22.0. The molecule has 1 amide bonds. The van der Waals surface area contributed by atoms with Crippen molar-refractivity contribution in [1.29, 1.82) is 0 Å².